The Morgan fingerprint density at radius 1 is 1.38 bits per heavy atom. The summed E-state index contributed by atoms with van der Waals surface area (Å²) in [5.74, 6) is -0.975. The predicted molar refractivity (Wildman–Crippen MR) is 58.3 cm³/mol. The van der Waals surface area contributed by atoms with Gasteiger partial charge in [-0.05, 0) is 18.2 Å². The molecule has 0 radical (unpaired) electrons. The lowest BCUT2D eigenvalue weighted by molar-refractivity contribution is 0.0686. The van der Waals surface area contributed by atoms with Gasteiger partial charge in [0.15, 0.2) is 11.5 Å². The molecule has 0 saturated carbocycles. The first-order valence-corrected chi connectivity index (χ1v) is 5.06. The topological polar surface area (TPSA) is 83.6 Å². The molecule has 1 heterocycles. The number of aromatic carboxylic acids is 1. The van der Waals surface area contributed by atoms with Crippen LogP contribution in [-0.4, -0.2) is 21.3 Å². The van der Waals surface area contributed by atoms with Gasteiger partial charge >= 0.3 is 5.97 Å². The van der Waals surface area contributed by atoms with E-state index in [9.17, 15) is 9.90 Å². The number of phenols is 1. The van der Waals surface area contributed by atoms with Crippen LogP contribution in [0.3, 0.4) is 0 Å². The van der Waals surface area contributed by atoms with Crippen LogP contribution in [0.2, 0.25) is 0 Å². The lowest BCUT2D eigenvalue weighted by Crippen LogP contribution is -1.94. The Hall–Kier alpha value is -1.82. The largest absolute Gasteiger partial charge is 0.507 e. The van der Waals surface area contributed by atoms with Crippen molar-refractivity contribution in [1.29, 1.82) is 0 Å². The summed E-state index contributed by atoms with van der Waals surface area (Å²) in [7, 11) is 0. The van der Waals surface area contributed by atoms with Crippen LogP contribution in [-0.2, 0) is 0 Å². The van der Waals surface area contributed by atoms with Crippen LogP contribution >= 0.6 is 15.9 Å². The van der Waals surface area contributed by atoms with Crippen molar-refractivity contribution in [3.63, 3.8) is 0 Å². The highest BCUT2D eigenvalue weighted by Crippen LogP contribution is 2.31. The van der Waals surface area contributed by atoms with Gasteiger partial charge in [0.1, 0.15) is 5.75 Å². The normalized spacial score (nSPS) is 10.3. The molecule has 6 heteroatoms. The van der Waals surface area contributed by atoms with E-state index in [1.54, 1.807) is 12.1 Å². The van der Waals surface area contributed by atoms with E-state index >= 15 is 0 Å². The van der Waals surface area contributed by atoms with Gasteiger partial charge in [-0.2, -0.15) is 0 Å². The summed E-state index contributed by atoms with van der Waals surface area (Å²) in [5.41, 5.74) is 0.195. The summed E-state index contributed by atoms with van der Waals surface area (Å²) in [6, 6.07) is 6.05. The molecule has 16 heavy (non-hydrogen) atoms. The lowest BCUT2D eigenvalue weighted by atomic mass is 10.1. The molecule has 5 nitrogen and oxygen atoms in total. The Morgan fingerprint density at radius 2 is 2.12 bits per heavy atom. The minimum atomic E-state index is -1.17. The van der Waals surface area contributed by atoms with Gasteiger partial charge in [-0.3, -0.25) is 0 Å². The van der Waals surface area contributed by atoms with Gasteiger partial charge in [0, 0.05) is 10.5 Å². The monoisotopic (exact) mass is 283 g/mol. The van der Waals surface area contributed by atoms with Crippen molar-refractivity contribution in [2.24, 2.45) is 0 Å². The van der Waals surface area contributed by atoms with Crippen molar-refractivity contribution >= 4 is 21.9 Å². The number of hydrogen-bond donors (Lipinski definition) is 2. The molecule has 0 atom stereocenters. The van der Waals surface area contributed by atoms with Crippen molar-refractivity contribution in [3.05, 3.63) is 34.4 Å². The predicted octanol–water partition coefficient (Wildman–Crippen LogP) is 2.51. The zero-order valence-electron chi connectivity index (χ0n) is 7.85. The first-order valence-electron chi connectivity index (χ1n) is 4.27. The fourth-order valence-electron chi connectivity index (χ4n) is 1.22. The molecule has 2 rings (SSSR count). The zero-order valence-corrected chi connectivity index (χ0v) is 9.43. The standard InChI is InChI=1S/C10H6BrNO4/c11-5-1-2-6(8(13)3-5)9-4-7(10(14)15)12-16-9/h1-4,13H,(H,14,15). The average molecular weight is 284 g/mol. The molecule has 0 bridgehead atoms. The van der Waals surface area contributed by atoms with E-state index in [0.29, 0.717) is 10.0 Å². The minimum absolute atomic E-state index is 0.0116. The van der Waals surface area contributed by atoms with Crippen LogP contribution < -0.4 is 0 Å². The number of carboxylic acids is 1. The lowest BCUT2D eigenvalue weighted by Gasteiger charge is -1.99. The SMILES string of the molecule is O=C(O)c1cc(-c2ccc(Br)cc2O)on1. The summed E-state index contributed by atoms with van der Waals surface area (Å²) < 4.78 is 5.54. The molecule has 1 aromatic carbocycles. The van der Waals surface area contributed by atoms with E-state index in [0.717, 1.165) is 0 Å². The first-order chi connectivity index (χ1) is 7.58. The number of aromatic hydroxyl groups is 1. The molecule has 0 aliphatic heterocycles. The van der Waals surface area contributed by atoms with E-state index in [2.05, 4.69) is 21.1 Å². The van der Waals surface area contributed by atoms with Crippen LogP contribution in [0, 0.1) is 0 Å². The smallest absolute Gasteiger partial charge is 0.358 e. The maximum absolute atomic E-state index is 10.6. The third-order valence-electron chi connectivity index (χ3n) is 1.95. The van der Waals surface area contributed by atoms with Gasteiger partial charge in [-0.25, -0.2) is 4.79 Å². The molecular formula is C10H6BrNO4. The number of hydrogen-bond acceptors (Lipinski definition) is 4. The summed E-state index contributed by atoms with van der Waals surface area (Å²) in [6.07, 6.45) is 0. The molecule has 1 aromatic heterocycles. The van der Waals surface area contributed by atoms with Gasteiger partial charge < -0.3 is 14.7 Å². The second kappa shape index (κ2) is 3.97. The maximum Gasteiger partial charge on any atom is 0.358 e. The van der Waals surface area contributed by atoms with Gasteiger partial charge in [0.25, 0.3) is 0 Å². The summed E-state index contributed by atoms with van der Waals surface area (Å²) in [4.78, 5) is 10.6. The Morgan fingerprint density at radius 3 is 2.69 bits per heavy atom. The first kappa shape index (κ1) is 10.7. The van der Waals surface area contributed by atoms with Gasteiger partial charge in [0.05, 0.1) is 5.56 Å². The fourth-order valence-corrected chi connectivity index (χ4v) is 1.57. The van der Waals surface area contributed by atoms with Crippen LogP contribution in [0.1, 0.15) is 10.5 Å². The van der Waals surface area contributed by atoms with Gasteiger partial charge in [0.2, 0.25) is 0 Å². The Kier molecular flexibility index (Phi) is 2.66. The molecule has 0 aliphatic rings. The number of carboxylic acid groups (broad SMARTS) is 1. The van der Waals surface area contributed by atoms with Crippen LogP contribution in [0.25, 0.3) is 11.3 Å². The highest BCUT2D eigenvalue weighted by Gasteiger charge is 2.14. The molecule has 2 aromatic rings. The van der Waals surface area contributed by atoms with Crippen molar-refractivity contribution in [1.82, 2.24) is 5.16 Å². The Balaban J connectivity index is 2.46. The number of carbonyl (C=O) groups is 1. The number of benzene rings is 1. The number of phenolic OH excluding ortho intramolecular Hbond substituents is 1. The van der Waals surface area contributed by atoms with Crippen LogP contribution in [0.5, 0.6) is 5.75 Å². The quantitative estimate of drug-likeness (QED) is 0.885. The van der Waals surface area contributed by atoms with Crippen LogP contribution in [0.15, 0.2) is 33.3 Å². The molecule has 82 valence electrons. The number of aromatic nitrogens is 1. The van der Waals surface area contributed by atoms with Crippen molar-refractivity contribution < 1.29 is 19.5 Å². The van der Waals surface area contributed by atoms with Crippen molar-refractivity contribution in [3.8, 4) is 17.1 Å². The van der Waals surface area contributed by atoms with E-state index in [-0.39, 0.29) is 17.2 Å². The second-order valence-electron chi connectivity index (χ2n) is 3.04. The fraction of sp³-hybridized carbons (Fsp3) is 0. The summed E-state index contributed by atoms with van der Waals surface area (Å²) >= 11 is 3.20. The van der Waals surface area contributed by atoms with Crippen molar-refractivity contribution in [2.45, 2.75) is 0 Å². The molecule has 0 unspecified atom stereocenters. The molecule has 0 fully saturated rings. The number of halogens is 1. The molecule has 0 amide bonds. The number of nitrogens with zero attached hydrogens (tertiary/aromatic N) is 1. The van der Waals surface area contributed by atoms with E-state index in [1.807, 2.05) is 0 Å². The zero-order chi connectivity index (χ0) is 11.7. The number of rotatable bonds is 2. The second-order valence-corrected chi connectivity index (χ2v) is 3.96. The summed E-state index contributed by atoms with van der Waals surface area (Å²) in [5, 5.41) is 21.7. The third kappa shape index (κ3) is 1.92. The van der Waals surface area contributed by atoms with Gasteiger partial charge in [-0.1, -0.05) is 21.1 Å². The summed E-state index contributed by atoms with van der Waals surface area (Å²) in [6.45, 7) is 0. The molecule has 0 saturated heterocycles. The highest BCUT2D eigenvalue weighted by atomic mass is 79.9. The van der Waals surface area contributed by atoms with Crippen LogP contribution in [0.4, 0.5) is 0 Å². The van der Waals surface area contributed by atoms with Gasteiger partial charge in [-0.15, -0.1) is 0 Å². The van der Waals surface area contributed by atoms with E-state index in [1.165, 1.54) is 12.1 Å². The molecular weight excluding hydrogens is 278 g/mol. The average Bonchev–Trinajstić information content (AvgIpc) is 2.66. The maximum atomic E-state index is 10.6. The van der Waals surface area contributed by atoms with Crippen molar-refractivity contribution in [2.75, 3.05) is 0 Å². The highest BCUT2D eigenvalue weighted by molar-refractivity contribution is 9.10. The molecule has 0 aliphatic carbocycles. The Labute approximate surface area is 98.4 Å². The minimum Gasteiger partial charge on any atom is -0.507 e. The third-order valence-corrected chi connectivity index (χ3v) is 2.45. The van der Waals surface area contributed by atoms with E-state index < -0.39 is 5.97 Å². The van der Waals surface area contributed by atoms with E-state index in [4.69, 9.17) is 9.63 Å². The Bertz CT molecular complexity index is 550. The molecule has 2 N–H and O–H groups in total. The molecule has 0 spiro atoms.